The molecule has 8 heteroatoms. The molecule has 0 saturated carbocycles. The van der Waals surface area contributed by atoms with Gasteiger partial charge in [-0.25, -0.2) is 4.68 Å². The van der Waals surface area contributed by atoms with Crippen LogP contribution in [0.1, 0.15) is 11.3 Å². The second-order valence-electron chi connectivity index (χ2n) is 4.91. The van der Waals surface area contributed by atoms with Gasteiger partial charge in [0.1, 0.15) is 6.33 Å². The lowest BCUT2D eigenvalue weighted by molar-refractivity contribution is -0.115. The normalized spacial score (nSPS) is 10.6. The number of carbonyl (C=O) groups excluding carboxylic acids is 1. The van der Waals surface area contributed by atoms with Crippen LogP contribution in [0, 0.1) is 6.92 Å². The zero-order valence-corrected chi connectivity index (χ0v) is 12.3. The van der Waals surface area contributed by atoms with Gasteiger partial charge in [0.2, 0.25) is 5.91 Å². The first-order chi connectivity index (χ1) is 10.6. The van der Waals surface area contributed by atoms with E-state index in [0.29, 0.717) is 6.42 Å². The Morgan fingerprint density at radius 3 is 2.64 bits per heavy atom. The van der Waals surface area contributed by atoms with Gasteiger partial charge in [-0.15, -0.1) is 5.10 Å². The Balaban J connectivity index is 1.65. The number of aromatic nitrogens is 6. The van der Waals surface area contributed by atoms with Gasteiger partial charge in [-0.05, 0) is 35.0 Å². The fourth-order valence-electron chi connectivity index (χ4n) is 2.05. The Kier molecular flexibility index (Phi) is 3.65. The Hall–Kier alpha value is -3.03. The summed E-state index contributed by atoms with van der Waals surface area (Å²) in [7, 11) is 1.84. The van der Waals surface area contributed by atoms with E-state index in [-0.39, 0.29) is 5.91 Å². The standard InChI is InChI=1S/C14H15N7O/c1-10-13(8-16-20(10)2)17-14(22)7-11-3-5-12(6-4-11)21-9-15-18-19-21/h3-6,8-9H,7H2,1-2H3,(H,17,22). The van der Waals surface area contributed by atoms with Gasteiger partial charge in [0.15, 0.2) is 0 Å². The van der Waals surface area contributed by atoms with E-state index < -0.39 is 0 Å². The highest BCUT2D eigenvalue weighted by Gasteiger charge is 2.09. The summed E-state index contributed by atoms with van der Waals surface area (Å²) in [5.74, 6) is -0.0775. The van der Waals surface area contributed by atoms with E-state index in [0.717, 1.165) is 22.6 Å². The molecule has 0 saturated heterocycles. The largest absolute Gasteiger partial charge is 0.323 e. The first-order valence-electron chi connectivity index (χ1n) is 6.74. The molecular weight excluding hydrogens is 282 g/mol. The van der Waals surface area contributed by atoms with E-state index >= 15 is 0 Å². The van der Waals surface area contributed by atoms with Crippen LogP contribution >= 0.6 is 0 Å². The van der Waals surface area contributed by atoms with Crippen LogP contribution in [-0.2, 0) is 18.3 Å². The SMILES string of the molecule is Cc1c(NC(=O)Cc2ccc(-n3cnnn3)cc2)cnn1C. The lowest BCUT2D eigenvalue weighted by Crippen LogP contribution is -2.15. The van der Waals surface area contributed by atoms with Gasteiger partial charge in [0.05, 0.1) is 29.7 Å². The lowest BCUT2D eigenvalue weighted by atomic mass is 10.1. The molecular formula is C14H15N7O. The topological polar surface area (TPSA) is 90.5 Å². The maximum absolute atomic E-state index is 12.1. The molecule has 2 aromatic heterocycles. The quantitative estimate of drug-likeness (QED) is 0.772. The van der Waals surface area contributed by atoms with Crippen molar-refractivity contribution in [3.63, 3.8) is 0 Å². The first kappa shape index (κ1) is 13.9. The molecule has 8 nitrogen and oxygen atoms in total. The summed E-state index contributed by atoms with van der Waals surface area (Å²) in [5.41, 5.74) is 3.41. The molecule has 0 radical (unpaired) electrons. The molecule has 0 aliphatic rings. The molecule has 0 aliphatic carbocycles. The molecule has 22 heavy (non-hydrogen) atoms. The summed E-state index contributed by atoms with van der Waals surface area (Å²) < 4.78 is 3.28. The minimum atomic E-state index is -0.0775. The zero-order valence-electron chi connectivity index (χ0n) is 12.3. The summed E-state index contributed by atoms with van der Waals surface area (Å²) in [4.78, 5) is 12.1. The number of nitrogens with zero attached hydrogens (tertiary/aromatic N) is 6. The molecule has 112 valence electrons. The van der Waals surface area contributed by atoms with Crippen LogP contribution in [0.5, 0.6) is 0 Å². The molecule has 1 N–H and O–H groups in total. The number of hydrogen-bond donors (Lipinski definition) is 1. The average Bonchev–Trinajstić information content (AvgIpc) is 3.14. The Bertz CT molecular complexity index is 774. The van der Waals surface area contributed by atoms with Crippen molar-refractivity contribution in [1.29, 1.82) is 0 Å². The number of carbonyl (C=O) groups is 1. The van der Waals surface area contributed by atoms with E-state index in [1.54, 1.807) is 15.6 Å². The highest BCUT2D eigenvalue weighted by Crippen LogP contribution is 2.13. The van der Waals surface area contributed by atoms with Crippen LogP contribution in [0.4, 0.5) is 5.69 Å². The minimum Gasteiger partial charge on any atom is -0.323 e. The number of tetrazole rings is 1. The third kappa shape index (κ3) is 2.85. The molecule has 0 bridgehead atoms. The molecule has 0 atom stereocenters. The van der Waals surface area contributed by atoms with E-state index in [4.69, 9.17) is 0 Å². The van der Waals surface area contributed by atoms with Crippen molar-refractivity contribution < 1.29 is 4.79 Å². The van der Waals surface area contributed by atoms with E-state index in [1.807, 2.05) is 38.2 Å². The summed E-state index contributed by atoms with van der Waals surface area (Å²) in [6.07, 6.45) is 3.46. The Morgan fingerprint density at radius 2 is 2.05 bits per heavy atom. The molecule has 0 fully saturated rings. The van der Waals surface area contributed by atoms with E-state index in [9.17, 15) is 4.79 Å². The van der Waals surface area contributed by atoms with Crippen LogP contribution in [0.2, 0.25) is 0 Å². The van der Waals surface area contributed by atoms with Crippen LogP contribution in [0.25, 0.3) is 5.69 Å². The molecule has 0 aliphatic heterocycles. The van der Waals surface area contributed by atoms with Crippen LogP contribution < -0.4 is 5.32 Å². The molecule has 3 rings (SSSR count). The summed E-state index contributed by atoms with van der Waals surface area (Å²) in [5, 5.41) is 17.9. The number of benzene rings is 1. The van der Waals surface area contributed by atoms with Crippen molar-refractivity contribution in [3.8, 4) is 5.69 Å². The highest BCUT2D eigenvalue weighted by atomic mass is 16.1. The van der Waals surface area contributed by atoms with Crippen molar-refractivity contribution in [1.82, 2.24) is 30.0 Å². The van der Waals surface area contributed by atoms with Crippen molar-refractivity contribution in [2.45, 2.75) is 13.3 Å². The van der Waals surface area contributed by atoms with Crippen LogP contribution in [-0.4, -0.2) is 35.9 Å². The van der Waals surface area contributed by atoms with Gasteiger partial charge in [-0.1, -0.05) is 12.1 Å². The van der Waals surface area contributed by atoms with Crippen LogP contribution in [0.3, 0.4) is 0 Å². The van der Waals surface area contributed by atoms with Crippen molar-refractivity contribution in [2.24, 2.45) is 7.05 Å². The molecule has 3 aromatic rings. The maximum atomic E-state index is 12.1. The van der Waals surface area contributed by atoms with Crippen molar-refractivity contribution >= 4 is 11.6 Å². The number of aryl methyl sites for hydroxylation is 1. The number of nitrogens with one attached hydrogen (secondary N) is 1. The van der Waals surface area contributed by atoms with E-state index in [1.165, 1.54) is 6.33 Å². The predicted molar refractivity (Wildman–Crippen MR) is 79.4 cm³/mol. The third-order valence-corrected chi connectivity index (χ3v) is 3.42. The summed E-state index contributed by atoms with van der Waals surface area (Å²) >= 11 is 0. The van der Waals surface area contributed by atoms with Gasteiger partial charge >= 0.3 is 0 Å². The number of anilines is 1. The average molecular weight is 297 g/mol. The summed E-state index contributed by atoms with van der Waals surface area (Å²) in [6.45, 7) is 1.91. The lowest BCUT2D eigenvalue weighted by Gasteiger charge is -2.05. The number of amides is 1. The fraction of sp³-hybridized carbons (Fsp3) is 0.214. The van der Waals surface area contributed by atoms with E-state index in [2.05, 4.69) is 25.9 Å². The van der Waals surface area contributed by atoms with Crippen LogP contribution in [0.15, 0.2) is 36.8 Å². The predicted octanol–water partition coefficient (Wildman–Crippen LogP) is 0.885. The molecule has 0 unspecified atom stereocenters. The minimum absolute atomic E-state index is 0.0775. The van der Waals surface area contributed by atoms with Gasteiger partial charge in [0, 0.05) is 7.05 Å². The zero-order chi connectivity index (χ0) is 15.5. The smallest absolute Gasteiger partial charge is 0.228 e. The van der Waals surface area contributed by atoms with Gasteiger partial charge in [0.25, 0.3) is 0 Å². The van der Waals surface area contributed by atoms with Crippen molar-refractivity contribution in [3.05, 3.63) is 48.0 Å². The van der Waals surface area contributed by atoms with Gasteiger partial charge in [-0.3, -0.25) is 9.48 Å². The molecule has 0 spiro atoms. The maximum Gasteiger partial charge on any atom is 0.228 e. The Morgan fingerprint density at radius 1 is 1.27 bits per heavy atom. The molecule has 1 amide bonds. The first-order valence-corrected chi connectivity index (χ1v) is 6.74. The van der Waals surface area contributed by atoms with Gasteiger partial charge < -0.3 is 5.32 Å². The highest BCUT2D eigenvalue weighted by molar-refractivity contribution is 5.92. The monoisotopic (exact) mass is 297 g/mol. The fourth-order valence-corrected chi connectivity index (χ4v) is 2.05. The number of hydrogen-bond acceptors (Lipinski definition) is 5. The van der Waals surface area contributed by atoms with Gasteiger partial charge in [-0.2, -0.15) is 5.10 Å². The number of rotatable bonds is 4. The molecule has 1 aromatic carbocycles. The second-order valence-corrected chi connectivity index (χ2v) is 4.91. The summed E-state index contributed by atoms with van der Waals surface area (Å²) in [6, 6.07) is 7.50. The Labute approximate surface area is 126 Å². The molecule has 2 heterocycles. The van der Waals surface area contributed by atoms with Crippen molar-refractivity contribution in [2.75, 3.05) is 5.32 Å². The second kappa shape index (κ2) is 5.76. The third-order valence-electron chi connectivity index (χ3n) is 3.42.